The zero-order valence-corrected chi connectivity index (χ0v) is 25.2. The topological polar surface area (TPSA) is 85.9 Å². The molecule has 2 aromatic rings. The van der Waals surface area contributed by atoms with Crippen molar-refractivity contribution in [3.8, 4) is 0 Å². The number of benzene rings is 2. The molecule has 2 amide bonds. The first-order valence-electron chi connectivity index (χ1n) is 13.7. The number of unbranched alkanes of at least 4 members (excludes halogenated alkanes) is 3. The first-order chi connectivity index (χ1) is 18.7. The van der Waals surface area contributed by atoms with Crippen molar-refractivity contribution in [2.45, 2.75) is 83.5 Å². The molecule has 0 saturated heterocycles. The summed E-state index contributed by atoms with van der Waals surface area (Å²) < 4.78 is 54.5. The fourth-order valence-electron chi connectivity index (χ4n) is 3.74. The van der Waals surface area contributed by atoms with E-state index in [9.17, 15) is 22.8 Å². The van der Waals surface area contributed by atoms with Crippen molar-refractivity contribution < 1.29 is 36.7 Å². The molecule has 0 aliphatic heterocycles. The van der Waals surface area contributed by atoms with Gasteiger partial charge in [-0.05, 0) is 47.3 Å². The lowest BCUT2D eigenvalue weighted by molar-refractivity contribution is -0.173. The first-order valence-corrected chi connectivity index (χ1v) is 16.6. The van der Waals surface area contributed by atoms with Crippen molar-refractivity contribution in [1.82, 2.24) is 10.6 Å². The van der Waals surface area contributed by atoms with Crippen LogP contribution in [0, 0.1) is 0 Å². The summed E-state index contributed by atoms with van der Waals surface area (Å²) in [5, 5.41) is 6.79. The molecule has 0 unspecified atom stereocenters. The first kappa shape index (κ1) is 33.6. The number of alkyl carbamates (subject to hydrolysis) is 1. The molecule has 0 aliphatic rings. The van der Waals surface area contributed by atoms with Crippen LogP contribution in [0.3, 0.4) is 0 Å². The van der Waals surface area contributed by atoms with Crippen molar-refractivity contribution in [3.63, 3.8) is 0 Å². The number of carbonyl (C=O) groups excluding carboxylic acids is 2. The van der Waals surface area contributed by atoms with Gasteiger partial charge in [-0.2, -0.15) is 13.2 Å². The molecule has 2 rings (SSSR count). The summed E-state index contributed by atoms with van der Waals surface area (Å²) in [4.78, 5) is 23.1. The summed E-state index contributed by atoms with van der Waals surface area (Å²) in [7, 11) is -2.16. The molecule has 0 spiro atoms. The van der Waals surface area contributed by atoms with Gasteiger partial charge in [0, 0.05) is 13.1 Å². The Balaban J connectivity index is 1.77. The number of ether oxygens (including phenoxy) is 2. The zero-order valence-electron chi connectivity index (χ0n) is 24.2. The second-order valence-electron chi connectivity index (χ2n) is 11.3. The van der Waals surface area contributed by atoms with Crippen LogP contribution in [0.4, 0.5) is 18.0 Å². The molecule has 40 heavy (non-hydrogen) atoms. The monoisotopic (exact) mass is 584 g/mol. The maximum atomic E-state index is 12.3. The van der Waals surface area contributed by atoms with E-state index in [-0.39, 0.29) is 24.8 Å². The van der Waals surface area contributed by atoms with Crippen LogP contribution >= 0.6 is 0 Å². The maximum Gasteiger partial charge on any atom is 0.471 e. The second kappa shape index (κ2) is 15.4. The number of alkyl halides is 3. The van der Waals surface area contributed by atoms with Gasteiger partial charge in [-0.25, -0.2) is 4.79 Å². The number of amides is 2. The highest BCUT2D eigenvalue weighted by Gasteiger charge is 2.39. The molecule has 1 atom stereocenters. The Morgan fingerprint density at radius 1 is 0.875 bits per heavy atom. The quantitative estimate of drug-likeness (QED) is 0.180. The van der Waals surface area contributed by atoms with Gasteiger partial charge < -0.3 is 24.5 Å². The summed E-state index contributed by atoms with van der Waals surface area (Å²) in [6.45, 7) is 11.8. The average molecular weight is 585 g/mol. The van der Waals surface area contributed by atoms with Gasteiger partial charge in [0.15, 0.2) is 8.32 Å². The number of rotatable bonds is 15. The van der Waals surface area contributed by atoms with E-state index in [1.54, 1.807) is 0 Å². The minimum absolute atomic E-state index is 0.0291. The number of fused-ring (bicyclic) bond motifs is 1. The van der Waals surface area contributed by atoms with Gasteiger partial charge in [0.25, 0.3) is 0 Å². The third-order valence-corrected chi connectivity index (χ3v) is 11.6. The molecular formula is C29H43F3N2O5Si. The third kappa shape index (κ3) is 11.5. The molecule has 0 aliphatic carbocycles. The lowest BCUT2D eigenvalue weighted by Crippen LogP contribution is -2.46. The Labute approximate surface area is 236 Å². The molecule has 224 valence electrons. The van der Waals surface area contributed by atoms with Gasteiger partial charge in [-0.15, -0.1) is 0 Å². The number of nitrogens with one attached hydrogen (secondary N) is 2. The van der Waals surface area contributed by atoms with Gasteiger partial charge in [-0.3, -0.25) is 4.79 Å². The highest BCUT2D eigenvalue weighted by atomic mass is 28.4. The minimum atomic E-state index is -4.86. The van der Waals surface area contributed by atoms with E-state index in [4.69, 9.17) is 13.9 Å². The fourth-order valence-corrected chi connectivity index (χ4v) is 5.07. The van der Waals surface area contributed by atoms with E-state index in [1.165, 1.54) is 0 Å². The van der Waals surface area contributed by atoms with E-state index in [0.29, 0.717) is 38.8 Å². The van der Waals surface area contributed by atoms with Crippen LogP contribution in [0.2, 0.25) is 18.1 Å². The summed E-state index contributed by atoms with van der Waals surface area (Å²) >= 11 is 0. The number of halogens is 3. The second-order valence-corrected chi connectivity index (χ2v) is 16.1. The molecule has 2 aromatic carbocycles. The highest BCUT2D eigenvalue weighted by molar-refractivity contribution is 6.74. The van der Waals surface area contributed by atoms with Crippen molar-refractivity contribution >= 4 is 31.1 Å². The van der Waals surface area contributed by atoms with Crippen molar-refractivity contribution in [3.05, 3.63) is 48.0 Å². The summed E-state index contributed by atoms with van der Waals surface area (Å²) in [5.41, 5.74) is 1.07. The lowest BCUT2D eigenvalue weighted by Gasteiger charge is -2.39. The van der Waals surface area contributed by atoms with Crippen molar-refractivity contribution in [2.24, 2.45) is 0 Å². The summed E-state index contributed by atoms with van der Waals surface area (Å²) in [6.07, 6.45) is -3.45. The van der Waals surface area contributed by atoms with Gasteiger partial charge in [0.1, 0.15) is 12.7 Å². The largest absolute Gasteiger partial charge is 0.471 e. The number of hydrogen-bond donors (Lipinski definition) is 2. The van der Waals surface area contributed by atoms with Gasteiger partial charge in [-0.1, -0.05) is 76.1 Å². The van der Waals surface area contributed by atoms with Crippen LogP contribution in [0.1, 0.15) is 52.0 Å². The third-order valence-electron chi connectivity index (χ3n) is 7.02. The standard InChI is InChI=1S/C29H43F3N2O5Si/c1-28(2,3)40(4,5)39-24(20-37-19-23-15-12-14-22-13-8-9-16-25(22)23)21-38-27(36)34-18-11-7-6-10-17-33-26(35)29(30,31)32/h8-9,12-16,24H,6-7,10-11,17-21H2,1-5H3,(H,33,35)(H,34,36)/t24-/m0/s1. The molecule has 2 N–H and O–H groups in total. The van der Waals surface area contributed by atoms with E-state index >= 15 is 0 Å². The Morgan fingerprint density at radius 2 is 1.50 bits per heavy atom. The van der Waals surface area contributed by atoms with E-state index < -0.39 is 32.6 Å². The fraction of sp³-hybridized carbons (Fsp3) is 0.586. The molecule has 0 bridgehead atoms. The van der Waals surface area contributed by atoms with Crippen LogP contribution in [-0.2, 0) is 25.3 Å². The SMILES string of the molecule is CC(C)(C)[Si](C)(C)O[C@@H](COCc1cccc2ccccc12)COC(=O)NCCCCCCNC(=O)C(F)(F)F. The average Bonchev–Trinajstić information content (AvgIpc) is 2.87. The molecule has 0 saturated carbocycles. The minimum Gasteiger partial charge on any atom is -0.447 e. The van der Waals surface area contributed by atoms with E-state index in [1.807, 2.05) is 29.6 Å². The van der Waals surface area contributed by atoms with Crippen LogP contribution in [0.25, 0.3) is 10.8 Å². The summed E-state index contributed by atoms with van der Waals surface area (Å²) in [5.74, 6) is -1.92. The Morgan fingerprint density at radius 3 is 2.15 bits per heavy atom. The number of carbonyl (C=O) groups is 2. The van der Waals surface area contributed by atoms with Gasteiger partial charge in [0.05, 0.1) is 13.2 Å². The number of hydrogen-bond acceptors (Lipinski definition) is 5. The highest BCUT2D eigenvalue weighted by Crippen LogP contribution is 2.37. The van der Waals surface area contributed by atoms with Gasteiger partial charge >= 0.3 is 18.2 Å². The van der Waals surface area contributed by atoms with E-state index in [0.717, 1.165) is 16.3 Å². The van der Waals surface area contributed by atoms with Crippen molar-refractivity contribution in [1.29, 1.82) is 0 Å². The predicted octanol–water partition coefficient (Wildman–Crippen LogP) is 6.71. The predicted molar refractivity (Wildman–Crippen MR) is 153 cm³/mol. The molecular weight excluding hydrogens is 541 g/mol. The van der Waals surface area contributed by atoms with Crippen LogP contribution in [-0.4, -0.2) is 58.9 Å². The Hall–Kier alpha value is -2.63. The molecule has 7 nitrogen and oxygen atoms in total. The molecule has 11 heteroatoms. The lowest BCUT2D eigenvalue weighted by atomic mass is 10.1. The maximum absolute atomic E-state index is 12.3. The van der Waals surface area contributed by atoms with Crippen LogP contribution in [0.5, 0.6) is 0 Å². The van der Waals surface area contributed by atoms with Crippen LogP contribution in [0.15, 0.2) is 42.5 Å². The Kier molecular flexibility index (Phi) is 12.9. The molecule has 0 fully saturated rings. The molecule has 0 heterocycles. The van der Waals surface area contributed by atoms with E-state index in [2.05, 4.69) is 57.4 Å². The molecule has 0 radical (unpaired) electrons. The van der Waals surface area contributed by atoms with Gasteiger partial charge in [0.2, 0.25) is 0 Å². The Bertz CT molecular complexity index is 1080. The smallest absolute Gasteiger partial charge is 0.447 e. The molecule has 0 aromatic heterocycles. The van der Waals surface area contributed by atoms with Crippen molar-refractivity contribution in [2.75, 3.05) is 26.3 Å². The normalized spacial score (nSPS) is 13.2. The zero-order chi connectivity index (χ0) is 29.8. The summed E-state index contributed by atoms with van der Waals surface area (Å²) in [6, 6.07) is 14.2. The van der Waals surface area contributed by atoms with Crippen LogP contribution < -0.4 is 10.6 Å².